The first-order valence-electron chi connectivity index (χ1n) is 10.7. The number of benzene rings is 1. The fraction of sp³-hybridized carbons (Fsp3) is 0.435. The smallest absolute Gasteiger partial charge is 0.194 e. The van der Waals surface area contributed by atoms with E-state index in [0.29, 0.717) is 6.54 Å². The summed E-state index contributed by atoms with van der Waals surface area (Å²) < 4.78 is 1.99. The fourth-order valence-corrected chi connectivity index (χ4v) is 3.91. The molecular formula is C23H33N7S. The van der Waals surface area contributed by atoms with Gasteiger partial charge in [0.05, 0.1) is 0 Å². The van der Waals surface area contributed by atoms with Crippen LogP contribution in [0.5, 0.6) is 0 Å². The van der Waals surface area contributed by atoms with Crippen LogP contribution in [0.4, 0.5) is 5.69 Å². The van der Waals surface area contributed by atoms with Crippen LogP contribution in [0.3, 0.4) is 0 Å². The van der Waals surface area contributed by atoms with Gasteiger partial charge in [-0.2, -0.15) is 0 Å². The molecule has 0 fully saturated rings. The molecule has 3 aromatic rings. The number of aliphatic imine (C=N–C) groups is 1. The van der Waals surface area contributed by atoms with E-state index in [9.17, 15) is 0 Å². The number of nitrogens with zero attached hydrogens (tertiary/aromatic N) is 6. The van der Waals surface area contributed by atoms with Crippen molar-refractivity contribution in [3.8, 4) is 0 Å². The quantitative estimate of drug-likeness (QED) is 0.298. The van der Waals surface area contributed by atoms with E-state index in [1.54, 1.807) is 11.3 Å². The summed E-state index contributed by atoms with van der Waals surface area (Å²) in [5.41, 5.74) is 1.24. The lowest BCUT2D eigenvalue weighted by molar-refractivity contribution is 0.482. The van der Waals surface area contributed by atoms with Crippen LogP contribution in [0, 0.1) is 6.92 Å². The SMILES string of the molecule is Cc1nnc(CN=C(NCCCN(C)c2ccccc2)N(C)CCc2cccs2)n1C. The zero-order valence-corrected chi connectivity index (χ0v) is 19.8. The molecule has 0 unspecified atom stereocenters. The molecule has 0 atom stereocenters. The number of hydrogen-bond donors (Lipinski definition) is 1. The molecule has 166 valence electrons. The normalized spacial score (nSPS) is 11.5. The van der Waals surface area contributed by atoms with Crippen molar-refractivity contribution in [1.29, 1.82) is 0 Å². The Labute approximate surface area is 189 Å². The maximum absolute atomic E-state index is 4.84. The third-order valence-electron chi connectivity index (χ3n) is 5.34. The van der Waals surface area contributed by atoms with E-state index in [1.165, 1.54) is 10.6 Å². The Morgan fingerprint density at radius 2 is 1.90 bits per heavy atom. The van der Waals surface area contributed by atoms with Crippen molar-refractivity contribution in [1.82, 2.24) is 25.0 Å². The Morgan fingerprint density at radius 3 is 2.58 bits per heavy atom. The summed E-state index contributed by atoms with van der Waals surface area (Å²) in [6.07, 6.45) is 2.03. The molecule has 0 aliphatic carbocycles. The second kappa shape index (κ2) is 11.5. The number of anilines is 1. The molecular weight excluding hydrogens is 406 g/mol. The van der Waals surface area contributed by atoms with Gasteiger partial charge in [0.25, 0.3) is 0 Å². The molecule has 8 heteroatoms. The summed E-state index contributed by atoms with van der Waals surface area (Å²) in [4.78, 5) is 10.7. The molecule has 0 saturated carbocycles. The van der Waals surface area contributed by atoms with Gasteiger partial charge in [-0.05, 0) is 43.3 Å². The van der Waals surface area contributed by atoms with Crippen molar-refractivity contribution in [3.05, 3.63) is 64.4 Å². The lowest BCUT2D eigenvalue weighted by atomic mass is 10.3. The maximum Gasteiger partial charge on any atom is 0.194 e. The Bertz CT molecular complexity index is 934. The second-order valence-corrected chi connectivity index (χ2v) is 8.68. The molecule has 0 radical (unpaired) electrons. The van der Waals surface area contributed by atoms with E-state index in [0.717, 1.165) is 50.1 Å². The molecule has 31 heavy (non-hydrogen) atoms. The van der Waals surface area contributed by atoms with E-state index in [4.69, 9.17) is 4.99 Å². The lowest BCUT2D eigenvalue weighted by Gasteiger charge is -2.23. The predicted molar refractivity (Wildman–Crippen MR) is 130 cm³/mol. The average molecular weight is 440 g/mol. The van der Waals surface area contributed by atoms with Crippen molar-refractivity contribution >= 4 is 23.0 Å². The third kappa shape index (κ3) is 6.82. The van der Waals surface area contributed by atoms with Crippen molar-refractivity contribution in [3.63, 3.8) is 0 Å². The summed E-state index contributed by atoms with van der Waals surface area (Å²) in [6.45, 7) is 5.21. The van der Waals surface area contributed by atoms with Gasteiger partial charge in [0.15, 0.2) is 11.8 Å². The lowest BCUT2D eigenvalue weighted by Crippen LogP contribution is -2.41. The first kappa shape index (κ1) is 22.8. The molecule has 2 aromatic heterocycles. The second-order valence-electron chi connectivity index (χ2n) is 7.65. The van der Waals surface area contributed by atoms with Gasteiger partial charge >= 0.3 is 0 Å². The van der Waals surface area contributed by atoms with Crippen LogP contribution in [-0.4, -0.2) is 59.4 Å². The van der Waals surface area contributed by atoms with Gasteiger partial charge in [-0.3, -0.25) is 0 Å². The zero-order chi connectivity index (χ0) is 22.1. The molecule has 0 aliphatic heterocycles. The number of thiophene rings is 1. The van der Waals surface area contributed by atoms with Crippen LogP contribution in [0.1, 0.15) is 22.9 Å². The molecule has 0 saturated heterocycles. The number of aryl methyl sites for hydroxylation is 1. The van der Waals surface area contributed by atoms with Gasteiger partial charge in [0.2, 0.25) is 0 Å². The Kier molecular flexibility index (Phi) is 8.46. The summed E-state index contributed by atoms with van der Waals surface area (Å²) in [5.74, 6) is 2.67. The van der Waals surface area contributed by atoms with Gasteiger partial charge in [-0.25, -0.2) is 4.99 Å². The van der Waals surface area contributed by atoms with Crippen LogP contribution in [-0.2, 0) is 20.0 Å². The van der Waals surface area contributed by atoms with Crippen LogP contribution in [0.2, 0.25) is 0 Å². The molecule has 1 N–H and O–H groups in total. The largest absolute Gasteiger partial charge is 0.375 e. The number of guanidine groups is 1. The van der Waals surface area contributed by atoms with E-state index >= 15 is 0 Å². The van der Waals surface area contributed by atoms with Crippen molar-refractivity contribution in [2.24, 2.45) is 12.0 Å². The predicted octanol–water partition coefficient (Wildman–Crippen LogP) is 3.33. The summed E-state index contributed by atoms with van der Waals surface area (Å²) in [6, 6.07) is 14.8. The summed E-state index contributed by atoms with van der Waals surface area (Å²) >= 11 is 1.80. The Balaban J connectivity index is 1.56. The highest BCUT2D eigenvalue weighted by Crippen LogP contribution is 2.11. The van der Waals surface area contributed by atoms with E-state index in [1.807, 2.05) is 24.6 Å². The molecule has 0 spiro atoms. The molecule has 3 rings (SSSR count). The minimum atomic E-state index is 0.507. The third-order valence-corrected chi connectivity index (χ3v) is 6.27. The van der Waals surface area contributed by atoms with E-state index in [2.05, 4.69) is 81.2 Å². The highest BCUT2D eigenvalue weighted by molar-refractivity contribution is 7.09. The number of para-hydroxylation sites is 1. The number of hydrogen-bond acceptors (Lipinski definition) is 5. The van der Waals surface area contributed by atoms with Gasteiger partial charge < -0.3 is 19.7 Å². The van der Waals surface area contributed by atoms with Gasteiger partial charge in [-0.15, -0.1) is 21.5 Å². The number of likely N-dealkylation sites (N-methyl/N-ethyl adjacent to an activating group) is 1. The van der Waals surface area contributed by atoms with E-state index < -0.39 is 0 Å². The van der Waals surface area contributed by atoms with Crippen LogP contribution >= 0.6 is 11.3 Å². The molecule has 2 heterocycles. The molecule has 0 bridgehead atoms. The Morgan fingerprint density at radius 1 is 1.10 bits per heavy atom. The first-order chi connectivity index (χ1) is 15.0. The maximum atomic E-state index is 4.84. The Hall–Kier alpha value is -2.87. The van der Waals surface area contributed by atoms with Crippen LogP contribution in [0.15, 0.2) is 52.8 Å². The van der Waals surface area contributed by atoms with Crippen molar-refractivity contribution in [2.45, 2.75) is 26.3 Å². The highest BCUT2D eigenvalue weighted by atomic mass is 32.1. The standard InChI is InChI=1S/C23H33N7S/c1-19-26-27-22(30(19)4)18-25-23(29(3)16-13-21-12-8-17-31-21)24-14-9-15-28(2)20-10-6-5-7-11-20/h5-8,10-12,17H,9,13-16,18H2,1-4H3,(H,24,25). The zero-order valence-electron chi connectivity index (χ0n) is 19.0. The molecule has 7 nitrogen and oxygen atoms in total. The molecule has 0 amide bonds. The topological polar surface area (TPSA) is 61.6 Å². The van der Waals surface area contributed by atoms with Crippen molar-refractivity contribution in [2.75, 3.05) is 38.6 Å². The molecule has 0 aliphatic rings. The summed E-state index contributed by atoms with van der Waals surface area (Å²) in [5, 5.41) is 14.1. The van der Waals surface area contributed by atoms with E-state index in [-0.39, 0.29) is 0 Å². The van der Waals surface area contributed by atoms with Gasteiger partial charge in [0.1, 0.15) is 12.4 Å². The number of rotatable bonds is 10. The molecule has 1 aromatic carbocycles. The highest BCUT2D eigenvalue weighted by Gasteiger charge is 2.10. The van der Waals surface area contributed by atoms with Crippen molar-refractivity contribution < 1.29 is 0 Å². The number of nitrogens with one attached hydrogen (secondary N) is 1. The fourth-order valence-electron chi connectivity index (χ4n) is 3.21. The average Bonchev–Trinajstić information content (AvgIpc) is 3.42. The first-order valence-corrected chi connectivity index (χ1v) is 11.6. The minimum Gasteiger partial charge on any atom is -0.375 e. The number of aromatic nitrogens is 3. The monoisotopic (exact) mass is 439 g/mol. The van der Waals surface area contributed by atoms with Crippen LogP contribution < -0.4 is 10.2 Å². The van der Waals surface area contributed by atoms with Gasteiger partial charge in [-0.1, -0.05) is 24.3 Å². The summed E-state index contributed by atoms with van der Waals surface area (Å²) in [7, 11) is 6.21. The van der Waals surface area contributed by atoms with Gasteiger partial charge in [0, 0.05) is 51.3 Å². The van der Waals surface area contributed by atoms with Crippen LogP contribution in [0.25, 0.3) is 0 Å². The minimum absolute atomic E-state index is 0.507.